The molecule has 0 aliphatic heterocycles. The number of halogens is 1. The van der Waals surface area contributed by atoms with Crippen LogP contribution in [0, 0.1) is 0 Å². The van der Waals surface area contributed by atoms with E-state index >= 15 is 0 Å². The zero-order valence-corrected chi connectivity index (χ0v) is 18.0. The van der Waals surface area contributed by atoms with Gasteiger partial charge in [-0.25, -0.2) is 0 Å². The summed E-state index contributed by atoms with van der Waals surface area (Å²) in [4.78, 5) is 12.5. The minimum Gasteiger partial charge on any atom is -0.494 e. The molecule has 7 heteroatoms. The minimum absolute atomic E-state index is 0.191. The van der Waals surface area contributed by atoms with Crippen molar-refractivity contribution in [3.8, 4) is 11.5 Å². The van der Waals surface area contributed by atoms with Crippen molar-refractivity contribution in [2.45, 2.75) is 6.92 Å². The first-order chi connectivity index (χ1) is 14.0. The zero-order valence-electron chi connectivity index (χ0n) is 15.6. The van der Waals surface area contributed by atoms with Crippen molar-refractivity contribution in [3.05, 3.63) is 82.8 Å². The highest BCUT2D eigenvalue weighted by Gasteiger charge is 2.09. The molecule has 0 radical (unpaired) electrons. The molecule has 0 aliphatic carbocycles. The second-order valence-corrected chi connectivity index (χ2v) is 7.25. The van der Waals surface area contributed by atoms with Crippen LogP contribution in [0.5, 0.6) is 11.5 Å². The third-order valence-corrected chi connectivity index (χ3v) is 4.53. The molecule has 0 unspecified atom stereocenters. The van der Waals surface area contributed by atoms with Gasteiger partial charge in [-0.1, -0.05) is 22.0 Å². The van der Waals surface area contributed by atoms with Crippen LogP contribution in [0.2, 0.25) is 0 Å². The molecule has 5 nitrogen and oxygen atoms in total. The highest BCUT2D eigenvalue weighted by atomic mass is 79.9. The van der Waals surface area contributed by atoms with Gasteiger partial charge in [-0.15, -0.1) is 0 Å². The molecule has 148 valence electrons. The molecule has 3 aromatic rings. The molecule has 0 aliphatic rings. The Morgan fingerprint density at radius 2 is 1.59 bits per heavy atom. The molecule has 3 rings (SSSR count). The third kappa shape index (κ3) is 6.30. The molecule has 3 aromatic carbocycles. The molecule has 0 spiro atoms. The number of rotatable bonds is 6. The van der Waals surface area contributed by atoms with Crippen LogP contribution < -0.4 is 20.1 Å². The quantitative estimate of drug-likeness (QED) is 0.440. The van der Waals surface area contributed by atoms with E-state index < -0.39 is 0 Å². The van der Waals surface area contributed by atoms with Gasteiger partial charge in [-0.2, -0.15) is 0 Å². The Bertz CT molecular complexity index is 992. The van der Waals surface area contributed by atoms with Gasteiger partial charge in [-0.3, -0.25) is 4.79 Å². The van der Waals surface area contributed by atoms with Crippen LogP contribution in [0.3, 0.4) is 0 Å². The number of hydrogen-bond donors (Lipinski definition) is 2. The Labute approximate surface area is 183 Å². The van der Waals surface area contributed by atoms with E-state index in [1.54, 1.807) is 36.4 Å². The lowest BCUT2D eigenvalue weighted by atomic mass is 10.2. The summed E-state index contributed by atoms with van der Waals surface area (Å²) in [5, 5.41) is 6.04. The van der Waals surface area contributed by atoms with Crippen LogP contribution in [-0.4, -0.2) is 17.7 Å². The molecule has 2 N–H and O–H groups in total. The standard InChI is InChI=1S/C22H19BrN2O3S/c1-2-27-19-12-10-17(11-13-19)24-21(26)15-4-3-5-20(14-15)28-22(29)25-18-8-6-16(23)7-9-18/h3-14H,2H2,1H3,(H,24,26)(H,25,29). The SMILES string of the molecule is CCOc1ccc(NC(=O)c2cccc(OC(=S)Nc3ccc(Br)cc3)c2)cc1. The van der Waals surface area contributed by atoms with E-state index in [9.17, 15) is 4.79 Å². The first-order valence-corrected chi connectivity index (χ1v) is 10.1. The van der Waals surface area contributed by atoms with Crippen molar-refractivity contribution in [1.82, 2.24) is 0 Å². The first kappa shape index (κ1) is 20.8. The van der Waals surface area contributed by atoms with E-state index in [-0.39, 0.29) is 11.1 Å². The predicted molar refractivity (Wildman–Crippen MR) is 123 cm³/mol. The number of carbonyl (C=O) groups excluding carboxylic acids is 1. The van der Waals surface area contributed by atoms with Crippen LogP contribution in [-0.2, 0) is 0 Å². The third-order valence-electron chi connectivity index (χ3n) is 3.82. The van der Waals surface area contributed by atoms with Gasteiger partial charge < -0.3 is 20.1 Å². The summed E-state index contributed by atoms with van der Waals surface area (Å²) in [5.74, 6) is 0.984. The molecular weight excluding hydrogens is 452 g/mol. The topological polar surface area (TPSA) is 59.6 Å². The molecule has 0 saturated heterocycles. The van der Waals surface area contributed by atoms with Crippen molar-refractivity contribution >= 4 is 50.6 Å². The fourth-order valence-electron chi connectivity index (χ4n) is 2.49. The number of amides is 1. The summed E-state index contributed by atoms with van der Waals surface area (Å²) in [5.41, 5.74) is 1.95. The van der Waals surface area contributed by atoms with E-state index in [2.05, 4.69) is 26.6 Å². The fraction of sp³-hybridized carbons (Fsp3) is 0.0909. The van der Waals surface area contributed by atoms with Crippen LogP contribution in [0.15, 0.2) is 77.3 Å². The highest BCUT2D eigenvalue weighted by molar-refractivity contribution is 9.10. The normalized spacial score (nSPS) is 10.1. The van der Waals surface area contributed by atoms with Gasteiger partial charge >= 0.3 is 0 Å². The van der Waals surface area contributed by atoms with E-state index in [0.29, 0.717) is 23.6 Å². The lowest BCUT2D eigenvalue weighted by Crippen LogP contribution is -2.17. The summed E-state index contributed by atoms with van der Waals surface area (Å²) in [7, 11) is 0. The summed E-state index contributed by atoms with van der Waals surface area (Å²) in [6.45, 7) is 2.52. The molecular formula is C22H19BrN2O3S. The van der Waals surface area contributed by atoms with Crippen LogP contribution in [0.4, 0.5) is 11.4 Å². The first-order valence-electron chi connectivity index (χ1n) is 8.92. The maximum atomic E-state index is 12.5. The smallest absolute Gasteiger partial charge is 0.266 e. The van der Waals surface area contributed by atoms with Gasteiger partial charge in [0.15, 0.2) is 0 Å². The minimum atomic E-state index is -0.244. The van der Waals surface area contributed by atoms with Crippen LogP contribution >= 0.6 is 28.1 Å². The van der Waals surface area contributed by atoms with Gasteiger partial charge in [0, 0.05) is 21.4 Å². The van der Waals surface area contributed by atoms with Crippen molar-refractivity contribution in [1.29, 1.82) is 0 Å². The second-order valence-electron chi connectivity index (χ2n) is 5.96. The molecule has 0 fully saturated rings. The van der Waals surface area contributed by atoms with Crippen molar-refractivity contribution in [3.63, 3.8) is 0 Å². The summed E-state index contributed by atoms with van der Waals surface area (Å²) >= 11 is 8.63. The largest absolute Gasteiger partial charge is 0.494 e. The van der Waals surface area contributed by atoms with Crippen molar-refractivity contribution < 1.29 is 14.3 Å². The van der Waals surface area contributed by atoms with E-state index in [0.717, 1.165) is 15.9 Å². The Hall–Kier alpha value is -2.90. The summed E-state index contributed by atoms with van der Waals surface area (Å²) in [6.07, 6.45) is 0. The van der Waals surface area contributed by atoms with Gasteiger partial charge in [0.25, 0.3) is 11.1 Å². The maximum Gasteiger partial charge on any atom is 0.266 e. The number of carbonyl (C=O) groups is 1. The number of benzene rings is 3. The van der Waals surface area contributed by atoms with Crippen molar-refractivity contribution in [2.75, 3.05) is 17.2 Å². The molecule has 0 atom stereocenters. The van der Waals surface area contributed by atoms with Gasteiger partial charge in [0.1, 0.15) is 11.5 Å². The lowest BCUT2D eigenvalue weighted by molar-refractivity contribution is 0.102. The van der Waals surface area contributed by atoms with Crippen LogP contribution in [0.25, 0.3) is 0 Å². The molecule has 0 aromatic heterocycles. The van der Waals surface area contributed by atoms with E-state index in [1.807, 2.05) is 43.3 Å². The highest BCUT2D eigenvalue weighted by Crippen LogP contribution is 2.19. The average molecular weight is 471 g/mol. The molecule has 1 amide bonds. The number of nitrogens with one attached hydrogen (secondary N) is 2. The monoisotopic (exact) mass is 470 g/mol. The Kier molecular flexibility index (Phi) is 7.21. The molecule has 0 saturated carbocycles. The number of thiocarbonyl (C=S) groups is 1. The number of anilines is 2. The van der Waals surface area contributed by atoms with E-state index in [4.69, 9.17) is 21.7 Å². The zero-order chi connectivity index (χ0) is 20.6. The lowest BCUT2D eigenvalue weighted by Gasteiger charge is -2.11. The average Bonchev–Trinajstić information content (AvgIpc) is 2.71. The Morgan fingerprint density at radius 1 is 0.931 bits per heavy atom. The summed E-state index contributed by atoms with van der Waals surface area (Å²) < 4.78 is 12.0. The Balaban J connectivity index is 1.61. The molecule has 0 heterocycles. The number of hydrogen-bond acceptors (Lipinski definition) is 4. The Morgan fingerprint density at radius 3 is 2.28 bits per heavy atom. The summed E-state index contributed by atoms with van der Waals surface area (Å²) in [6, 6.07) is 21.6. The predicted octanol–water partition coefficient (Wildman–Crippen LogP) is 5.88. The molecule has 0 bridgehead atoms. The van der Waals surface area contributed by atoms with Crippen molar-refractivity contribution in [2.24, 2.45) is 0 Å². The number of ether oxygens (including phenoxy) is 2. The van der Waals surface area contributed by atoms with Gasteiger partial charge in [0.05, 0.1) is 6.61 Å². The van der Waals surface area contributed by atoms with E-state index in [1.165, 1.54) is 0 Å². The van der Waals surface area contributed by atoms with Gasteiger partial charge in [-0.05, 0) is 85.9 Å². The van der Waals surface area contributed by atoms with Crippen LogP contribution in [0.1, 0.15) is 17.3 Å². The molecule has 29 heavy (non-hydrogen) atoms. The van der Waals surface area contributed by atoms with Gasteiger partial charge in [0.2, 0.25) is 0 Å². The fourth-order valence-corrected chi connectivity index (χ4v) is 2.97. The second kappa shape index (κ2) is 10.0. The maximum absolute atomic E-state index is 12.5.